The van der Waals surface area contributed by atoms with Gasteiger partial charge in [0.25, 0.3) is 0 Å². The molecule has 1 spiro atoms. The maximum atomic E-state index is 12.1. The zero-order valence-electron chi connectivity index (χ0n) is 15.0. The molecule has 2 bridgehead atoms. The first-order valence-corrected chi connectivity index (χ1v) is 10.1. The second-order valence-electron chi connectivity index (χ2n) is 7.02. The van der Waals surface area contributed by atoms with E-state index in [1.807, 2.05) is 38.8 Å². The SMILES string of the molecule is O=C1C=CC(=O)OC2(CN(c3ccc(-c4ccsc4)nn3)C3CCN2CC3)O1. The van der Waals surface area contributed by atoms with E-state index in [-0.39, 0.29) is 12.6 Å². The lowest BCUT2D eigenvalue weighted by atomic mass is 10.1. The molecule has 6 rings (SSSR count). The van der Waals surface area contributed by atoms with Crippen LogP contribution in [0.4, 0.5) is 5.82 Å². The van der Waals surface area contributed by atoms with Crippen LogP contribution in [0.15, 0.2) is 41.1 Å². The van der Waals surface area contributed by atoms with E-state index in [9.17, 15) is 9.59 Å². The van der Waals surface area contributed by atoms with Crippen molar-refractivity contribution in [1.82, 2.24) is 15.1 Å². The Morgan fingerprint density at radius 3 is 2.39 bits per heavy atom. The number of ether oxygens (including phenoxy) is 2. The number of piperidine rings is 1. The molecule has 0 aliphatic carbocycles. The van der Waals surface area contributed by atoms with Crippen molar-refractivity contribution in [1.29, 1.82) is 0 Å². The molecule has 144 valence electrons. The van der Waals surface area contributed by atoms with E-state index in [0.717, 1.165) is 36.3 Å². The number of rotatable bonds is 2. The number of carbonyl (C=O) groups is 2. The number of nitrogens with zero attached hydrogens (tertiary/aromatic N) is 4. The molecule has 2 aromatic rings. The topological polar surface area (TPSA) is 84.9 Å². The molecule has 0 aromatic carbocycles. The van der Waals surface area contributed by atoms with Gasteiger partial charge in [0.15, 0.2) is 5.82 Å². The van der Waals surface area contributed by atoms with Gasteiger partial charge in [0.1, 0.15) is 6.54 Å². The Morgan fingerprint density at radius 2 is 1.79 bits per heavy atom. The van der Waals surface area contributed by atoms with Crippen molar-refractivity contribution in [2.45, 2.75) is 24.8 Å². The molecule has 0 saturated carbocycles. The van der Waals surface area contributed by atoms with Gasteiger partial charge in [0, 0.05) is 42.2 Å². The molecule has 0 atom stereocenters. The van der Waals surface area contributed by atoms with Crippen LogP contribution >= 0.6 is 11.3 Å². The van der Waals surface area contributed by atoms with E-state index in [1.165, 1.54) is 0 Å². The van der Waals surface area contributed by atoms with Gasteiger partial charge >= 0.3 is 17.8 Å². The van der Waals surface area contributed by atoms with E-state index >= 15 is 0 Å². The standard InChI is InChI=1S/C19H18N4O4S/c24-17-3-4-18(25)27-19(26-17)12-23(14-5-8-22(19)9-6-14)16-2-1-15(20-21-16)13-7-10-28-11-13/h1-4,7,10-11,14H,5-6,8-9,12H2. The number of thiophene rings is 1. The van der Waals surface area contributed by atoms with Crippen LogP contribution in [0.1, 0.15) is 12.8 Å². The van der Waals surface area contributed by atoms with Gasteiger partial charge in [-0.2, -0.15) is 11.3 Å². The Hall–Kier alpha value is -2.78. The smallest absolute Gasteiger partial charge is 0.339 e. The van der Waals surface area contributed by atoms with Crippen LogP contribution in [-0.2, 0) is 19.1 Å². The fourth-order valence-electron chi connectivity index (χ4n) is 4.01. The molecule has 28 heavy (non-hydrogen) atoms. The summed E-state index contributed by atoms with van der Waals surface area (Å²) in [6.45, 7) is 1.54. The van der Waals surface area contributed by atoms with Crippen LogP contribution in [0.25, 0.3) is 11.3 Å². The summed E-state index contributed by atoms with van der Waals surface area (Å²) in [5.74, 6) is -1.95. The Morgan fingerprint density at radius 1 is 1.04 bits per heavy atom. The summed E-state index contributed by atoms with van der Waals surface area (Å²) in [6.07, 6.45) is 3.93. The third kappa shape index (κ3) is 2.96. The van der Waals surface area contributed by atoms with Gasteiger partial charge in [-0.15, -0.1) is 10.2 Å². The fraction of sp³-hybridized carbons (Fsp3) is 0.368. The van der Waals surface area contributed by atoms with Crippen LogP contribution < -0.4 is 4.90 Å². The van der Waals surface area contributed by atoms with Gasteiger partial charge in [-0.05, 0) is 36.4 Å². The minimum Gasteiger partial charge on any atom is -0.403 e. The lowest BCUT2D eigenvalue weighted by molar-refractivity contribution is -0.274. The third-order valence-electron chi connectivity index (χ3n) is 5.39. The number of anilines is 1. The Kier molecular flexibility index (Phi) is 4.13. The quantitative estimate of drug-likeness (QED) is 0.708. The van der Waals surface area contributed by atoms with Crippen LogP contribution in [0.2, 0.25) is 0 Å². The highest BCUT2D eigenvalue weighted by molar-refractivity contribution is 7.08. The summed E-state index contributed by atoms with van der Waals surface area (Å²) < 4.78 is 11.2. The maximum absolute atomic E-state index is 12.1. The number of aromatic nitrogens is 2. The number of esters is 2. The van der Waals surface area contributed by atoms with Crippen LogP contribution in [0.3, 0.4) is 0 Å². The fourth-order valence-corrected chi connectivity index (χ4v) is 4.66. The van der Waals surface area contributed by atoms with E-state index in [1.54, 1.807) is 11.3 Å². The second kappa shape index (κ2) is 6.68. The molecule has 8 nitrogen and oxygen atoms in total. The predicted molar refractivity (Wildman–Crippen MR) is 101 cm³/mol. The summed E-state index contributed by atoms with van der Waals surface area (Å²) in [7, 11) is 0. The Balaban J connectivity index is 1.49. The van der Waals surface area contributed by atoms with Crippen molar-refractivity contribution in [2.75, 3.05) is 24.5 Å². The van der Waals surface area contributed by atoms with Gasteiger partial charge < -0.3 is 14.4 Å². The molecule has 0 radical (unpaired) electrons. The molecule has 0 N–H and O–H groups in total. The molecular formula is C19H18N4O4S. The molecule has 2 aromatic heterocycles. The largest absolute Gasteiger partial charge is 0.403 e. The Labute approximate surface area is 165 Å². The molecular weight excluding hydrogens is 380 g/mol. The zero-order valence-corrected chi connectivity index (χ0v) is 15.8. The lowest BCUT2D eigenvalue weighted by Crippen LogP contribution is -2.58. The van der Waals surface area contributed by atoms with Crippen LogP contribution in [0, 0.1) is 0 Å². The second-order valence-corrected chi connectivity index (χ2v) is 7.80. The highest BCUT2D eigenvalue weighted by Gasteiger charge is 2.52. The predicted octanol–water partition coefficient (Wildman–Crippen LogP) is 1.80. The van der Waals surface area contributed by atoms with Gasteiger partial charge in [0.2, 0.25) is 0 Å². The van der Waals surface area contributed by atoms with Crippen molar-refractivity contribution in [2.24, 2.45) is 0 Å². The number of fused-ring (bicyclic) bond motifs is 3. The van der Waals surface area contributed by atoms with Crippen LogP contribution in [-0.4, -0.2) is 58.6 Å². The summed E-state index contributed by atoms with van der Waals surface area (Å²) in [5.41, 5.74) is 1.83. The summed E-state index contributed by atoms with van der Waals surface area (Å²) in [4.78, 5) is 28.2. The summed E-state index contributed by atoms with van der Waals surface area (Å²) in [6, 6.07) is 6.06. The lowest BCUT2D eigenvalue weighted by Gasteiger charge is -2.39. The van der Waals surface area contributed by atoms with E-state index in [0.29, 0.717) is 18.9 Å². The van der Waals surface area contributed by atoms with Gasteiger partial charge in [-0.25, -0.2) is 14.5 Å². The normalized spacial score (nSPS) is 25.9. The molecule has 9 heteroatoms. The number of carbonyl (C=O) groups excluding carboxylic acids is 2. The van der Waals surface area contributed by atoms with Crippen molar-refractivity contribution in [3.05, 3.63) is 41.1 Å². The van der Waals surface area contributed by atoms with Crippen molar-refractivity contribution in [3.63, 3.8) is 0 Å². The first-order chi connectivity index (χ1) is 13.6. The molecule has 6 heterocycles. The molecule has 0 unspecified atom stereocenters. The van der Waals surface area contributed by atoms with Gasteiger partial charge in [0.05, 0.1) is 5.69 Å². The third-order valence-corrected chi connectivity index (χ3v) is 6.08. The zero-order chi connectivity index (χ0) is 19.1. The minimum atomic E-state index is -1.45. The summed E-state index contributed by atoms with van der Waals surface area (Å²) in [5, 5.41) is 12.8. The highest BCUT2D eigenvalue weighted by atomic mass is 32.1. The van der Waals surface area contributed by atoms with Crippen molar-refractivity contribution < 1.29 is 19.1 Å². The number of hydrogen-bond donors (Lipinski definition) is 0. The first kappa shape index (κ1) is 17.3. The maximum Gasteiger partial charge on any atom is 0.339 e. The highest BCUT2D eigenvalue weighted by Crippen LogP contribution is 2.36. The monoisotopic (exact) mass is 398 g/mol. The van der Waals surface area contributed by atoms with Crippen molar-refractivity contribution in [3.8, 4) is 11.3 Å². The number of hydrogen-bond acceptors (Lipinski definition) is 9. The average Bonchev–Trinajstić information content (AvgIpc) is 3.11. The Bertz CT molecular complexity index is 900. The van der Waals surface area contributed by atoms with E-state index in [2.05, 4.69) is 10.2 Å². The molecule has 4 aliphatic heterocycles. The van der Waals surface area contributed by atoms with E-state index < -0.39 is 17.8 Å². The molecule has 3 fully saturated rings. The van der Waals surface area contributed by atoms with Crippen LogP contribution in [0.5, 0.6) is 0 Å². The molecule has 3 saturated heterocycles. The molecule has 0 amide bonds. The van der Waals surface area contributed by atoms with Crippen molar-refractivity contribution >= 4 is 29.1 Å². The average molecular weight is 398 g/mol. The van der Waals surface area contributed by atoms with Gasteiger partial charge in [-0.3, -0.25) is 0 Å². The summed E-state index contributed by atoms with van der Waals surface area (Å²) >= 11 is 1.61. The van der Waals surface area contributed by atoms with Gasteiger partial charge in [-0.1, -0.05) is 0 Å². The molecule has 4 aliphatic rings. The first-order valence-electron chi connectivity index (χ1n) is 9.15. The van der Waals surface area contributed by atoms with E-state index in [4.69, 9.17) is 9.47 Å². The minimum absolute atomic E-state index is 0.198.